The molecule has 1 unspecified atom stereocenters. The summed E-state index contributed by atoms with van der Waals surface area (Å²) in [6.45, 7) is 4.86. The van der Waals surface area contributed by atoms with Crippen LogP contribution in [0.5, 0.6) is 5.75 Å². The van der Waals surface area contributed by atoms with Gasteiger partial charge in [-0.2, -0.15) is 5.10 Å². The van der Waals surface area contributed by atoms with Gasteiger partial charge in [0, 0.05) is 44.2 Å². The molecule has 0 saturated carbocycles. The van der Waals surface area contributed by atoms with Crippen LogP contribution in [-0.4, -0.2) is 33.4 Å². The van der Waals surface area contributed by atoms with Crippen LogP contribution in [0.25, 0.3) is 5.82 Å². The van der Waals surface area contributed by atoms with Crippen molar-refractivity contribution in [1.29, 1.82) is 0 Å². The Labute approximate surface area is 194 Å². The maximum absolute atomic E-state index is 6.13. The Hall–Kier alpha value is -2.62. The molecular weight excluding hydrogens is 491 g/mol. The smallest absolute Gasteiger partial charge is 0.191 e. The number of hydrogen-bond donors (Lipinski definition) is 2. The molecule has 0 aliphatic carbocycles. The minimum atomic E-state index is -0.241. The average Bonchev–Trinajstić information content (AvgIpc) is 3.25. The lowest BCUT2D eigenvalue weighted by Gasteiger charge is -2.38. The summed E-state index contributed by atoms with van der Waals surface area (Å²) in [5, 5.41) is 11.2. The van der Waals surface area contributed by atoms with E-state index in [0.29, 0.717) is 6.54 Å². The van der Waals surface area contributed by atoms with Gasteiger partial charge in [0.2, 0.25) is 0 Å². The molecule has 1 aliphatic rings. The number of halogens is 1. The van der Waals surface area contributed by atoms with Crippen LogP contribution in [0, 0.1) is 0 Å². The standard InChI is InChI=1S/C22H26N6O.HI/c1-22(2)14-18(17-7-4-5-8-19(17)29-22)27-21(23-3)25-15-16-9-11-24-20(13-16)28-12-6-10-26-28;/h4-13,18H,14-15H2,1-3H3,(H2,23,25,27);1H. The van der Waals surface area contributed by atoms with E-state index >= 15 is 0 Å². The minimum absolute atomic E-state index is 0. The minimum Gasteiger partial charge on any atom is -0.487 e. The van der Waals surface area contributed by atoms with Crippen LogP contribution in [0.4, 0.5) is 0 Å². The Morgan fingerprint density at radius 2 is 2.07 bits per heavy atom. The predicted molar refractivity (Wildman–Crippen MR) is 129 cm³/mol. The number of benzene rings is 1. The van der Waals surface area contributed by atoms with Crippen LogP contribution in [0.15, 0.2) is 66.0 Å². The Morgan fingerprint density at radius 3 is 2.83 bits per heavy atom. The van der Waals surface area contributed by atoms with Crippen molar-refractivity contribution in [3.63, 3.8) is 0 Å². The third-order valence-corrected chi connectivity index (χ3v) is 4.92. The first-order valence-corrected chi connectivity index (χ1v) is 9.74. The van der Waals surface area contributed by atoms with Crippen molar-refractivity contribution in [2.45, 2.75) is 38.5 Å². The normalized spacial score (nSPS) is 17.3. The first-order valence-electron chi connectivity index (χ1n) is 9.74. The molecule has 7 nitrogen and oxygen atoms in total. The van der Waals surface area contributed by atoms with Crippen LogP contribution in [0.3, 0.4) is 0 Å². The second-order valence-electron chi connectivity index (χ2n) is 7.70. The van der Waals surface area contributed by atoms with E-state index in [-0.39, 0.29) is 35.6 Å². The summed E-state index contributed by atoms with van der Waals surface area (Å²) in [7, 11) is 1.79. The summed E-state index contributed by atoms with van der Waals surface area (Å²) in [5.41, 5.74) is 2.01. The SMILES string of the molecule is CN=C(NCc1ccnc(-n2cccn2)c1)NC1CC(C)(C)Oc2ccccc21.I. The molecule has 3 aromatic rings. The van der Waals surface area contributed by atoms with Crippen LogP contribution >= 0.6 is 24.0 Å². The highest BCUT2D eigenvalue weighted by Gasteiger charge is 2.33. The van der Waals surface area contributed by atoms with Crippen molar-refractivity contribution in [3.8, 4) is 11.6 Å². The number of ether oxygens (including phenoxy) is 1. The number of nitrogens with one attached hydrogen (secondary N) is 2. The molecule has 0 saturated heterocycles. The molecular formula is C22H27IN6O. The van der Waals surface area contributed by atoms with E-state index in [4.69, 9.17) is 4.74 Å². The number of hydrogen-bond acceptors (Lipinski definition) is 4. The maximum Gasteiger partial charge on any atom is 0.191 e. The number of pyridine rings is 1. The highest BCUT2D eigenvalue weighted by Crippen LogP contribution is 2.39. The zero-order valence-electron chi connectivity index (χ0n) is 17.4. The first-order chi connectivity index (χ1) is 14.0. The van der Waals surface area contributed by atoms with Crippen LogP contribution in [-0.2, 0) is 6.54 Å². The van der Waals surface area contributed by atoms with Gasteiger partial charge >= 0.3 is 0 Å². The Balaban J connectivity index is 0.00000256. The number of rotatable bonds is 4. The van der Waals surface area contributed by atoms with Gasteiger partial charge in [0.25, 0.3) is 0 Å². The maximum atomic E-state index is 6.13. The molecule has 30 heavy (non-hydrogen) atoms. The lowest BCUT2D eigenvalue weighted by Crippen LogP contribution is -2.45. The molecule has 4 rings (SSSR count). The monoisotopic (exact) mass is 518 g/mol. The molecule has 8 heteroatoms. The molecule has 1 aromatic carbocycles. The third kappa shape index (κ3) is 5.10. The molecule has 0 spiro atoms. The van der Waals surface area contributed by atoms with Gasteiger partial charge in [0.15, 0.2) is 11.8 Å². The molecule has 0 radical (unpaired) electrons. The van der Waals surface area contributed by atoms with Crippen LogP contribution in [0.1, 0.15) is 37.4 Å². The van der Waals surface area contributed by atoms with Gasteiger partial charge in [0.05, 0.1) is 6.04 Å². The fourth-order valence-corrected chi connectivity index (χ4v) is 3.58. The topological polar surface area (TPSA) is 76.4 Å². The lowest BCUT2D eigenvalue weighted by atomic mass is 9.90. The summed E-state index contributed by atoms with van der Waals surface area (Å²) in [6.07, 6.45) is 6.26. The van der Waals surface area contributed by atoms with E-state index in [9.17, 15) is 0 Å². The first kappa shape index (κ1) is 22.1. The summed E-state index contributed by atoms with van der Waals surface area (Å²) in [5.74, 6) is 2.46. The van der Waals surface area contributed by atoms with Gasteiger partial charge in [0.1, 0.15) is 11.4 Å². The molecule has 0 amide bonds. The molecule has 158 valence electrons. The number of aliphatic imine (C=N–C) groups is 1. The van der Waals surface area contributed by atoms with Gasteiger partial charge in [-0.15, -0.1) is 24.0 Å². The van der Waals surface area contributed by atoms with E-state index in [1.165, 1.54) is 0 Å². The Kier molecular flexibility index (Phi) is 6.96. The summed E-state index contributed by atoms with van der Waals surface area (Å²) < 4.78 is 7.87. The van der Waals surface area contributed by atoms with Crippen molar-refractivity contribution in [2.75, 3.05) is 7.05 Å². The molecule has 0 fully saturated rings. The van der Waals surface area contributed by atoms with E-state index in [2.05, 4.69) is 45.6 Å². The van der Waals surface area contributed by atoms with Gasteiger partial charge in [-0.1, -0.05) is 18.2 Å². The number of para-hydroxylation sites is 1. The van der Waals surface area contributed by atoms with Crippen molar-refractivity contribution in [2.24, 2.45) is 4.99 Å². The van der Waals surface area contributed by atoms with Crippen molar-refractivity contribution in [3.05, 3.63) is 72.2 Å². The summed E-state index contributed by atoms with van der Waals surface area (Å²) >= 11 is 0. The van der Waals surface area contributed by atoms with Crippen molar-refractivity contribution >= 4 is 29.9 Å². The number of nitrogens with zero attached hydrogens (tertiary/aromatic N) is 4. The zero-order chi connectivity index (χ0) is 20.3. The van der Waals surface area contributed by atoms with Gasteiger partial charge in [-0.05, 0) is 43.7 Å². The molecule has 1 aliphatic heterocycles. The highest BCUT2D eigenvalue weighted by molar-refractivity contribution is 14.0. The number of aromatic nitrogens is 3. The Bertz CT molecular complexity index is 1000. The van der Waals surface area contributed by atoms with E-state index in [1.807, 2.05) is 42.6 Å². The van der Waals surface area contributed by atoms with E-state index < -0.39 is 0 Å². The van der Waals surface area contributed by atoms with Crippen LogP contribution < -0.4 is 15.4 Å². The molecule has 0 bridgehead atoms. The molecule has 2 aromatic heterocycles. The second-order valence-corrected chi connectivity index (χ2v) is 7.70. The van der Waals surface area contributed by atoms with Gasteiger partial charge in [-0.3, -0.25) is 4.99 Å². The molecule has 1 atom stereocenters. The summed E-state index contributed by atoms with van der Waals surface area (Å²) in [6, 6.07) is 14.2. The molecule has 3 heterocycles. The number of fused-ring (bicyclic) bond motifs is 1. The number of guanidine groups is 1. The van der Waals surface area contributed by atoms with Crippen molar-refractivity contribution in [1.82, 2.24) is 25.4 Å². The van der Waals surface area contributed by atoms with E-state index in [1.54, 1.807) is 24.1 Å². The zero-order valence-corrected chi connectivity index (χ0v) is 19.7. The largest absolute Gasteiger partial charge is 0.487 e. The quantitative estimate of drug-likeness (QED) is 0.312. The fraction of sp³-hybridized carbons (Fsp3) is 0.318. The lowest BCUT2D eigenvalue weighted by molar-refractivity contribution is 0.0694. The Morgan fingerprint density at radius 1 is 1.23 bits per heavy atom. The van der Waals surface area contributed by atoms with E-state index in [0.717, 1.165) is 35.1 Å². The van der Waals surface area contributed by atoms with Gasteiger partial charge in [-0.25, -0.2) is 9.67 Å². The van der Waals surface area contributed by atoms with Crippen LogP contribution in [0.2, 0.25) is 0 Å². The second kappa shape index (κ2) is 9.46. The molecule has 2 N–H and O–H groups in total. The average molecular weight is 518 g/mol. The summed E-state index contributed by atoms with van der Waals surface area (Å²) in [4.78, 5) is 8.79. The fourth-order valence-electron chi connectivity index (χ4n) is 3.58. The predicted octanol–water partition coefficient (Wildman–Crippen LogP) is 3.85. The van der Waals surface area contributed by atoms with Gasteiger partial charge < -0.3 is 15.4 Å². The van der Waals surface area contributed by atoms with Crippen molar-refractivity contribution < 1.29 is 4.74 Å². The third-order valence-electron chi connectivity index (χ3n) is 4.92. The highest BCUT2D eigenvalue weighted by atomic mass is 127.